The molecule has 24 heavy (non-hydrogen) atoms. The van der Waals surface area contributed by atoms with Gasteiger partial charge in [-0.05, 0) is 62.6 Å². The molecule has 0 aliphatic heterocycles. The van der Waals surface area contributed by atoms with E-state index < -0.39 is 0 Å². The van der Waals surface area contributed by atoms with Crippen LogP contribution in [0.3, 0.4) is 0 Å². The minimum Gasteiger partial charge on any atom is -0.347 e. The molecule has 1 aromatic heterocycles. The highest BCUT2D eigenvalue weighted by Crippen LogP contribution is 2.17. The van der Waals surface area contributed by atoms with Gasteiger partial charge in [0.15, 0.2) is 0 Å². The number of rotatable bonds is 3. The van der Waals surface area contributed by atoms with Crippen LogP contribution >= 0.6 is 0 Å². The van der Waals surface area contributed by atoms with Crippen LogP contribution < -0.4 is 10.9 Å². The number of aryl methyl sites for hydroxylation is 1. The summed E-state index contributed by atoms with van der Waals surface area (Å²) in [6.07, 6.45) is 3.85. The van der Waals surface area contributed by atoms with Gasteiger partial charge in [-0.1, -0.05) is 18.2 Å². The van der Waals surface area contributed by atoms with Gasteiger partial charge in [-0.3, -0.25) is 9.59 Å². The number of carbonyl (C=O) groups is 1. The summed E-state index contributed by atoms with van der Waals surface area (Å²) in [6.45, 7) is 7.87. The third-order valence-electron chi connectivity index (χ3n) is 3.59. The highest BCUT2D eigenvalue weighted by atomic mass is 16.1. The summed E-state index contributed by atoms with van der Waals surface area (Å²) in [5.41, 5.74) is 3.41. The van der Waals surface area contributed by atoms with Crippen molar-refractivity contribution in [1.82, 2.24) is 9.88 Å². The van der Waals surface area contributed by atoms with Crippen LogP contribution in [0.2, 0.25) is 0 Å². The Morgan fingerprint density at radius 2 is 1.62 bits per heavy atom. The van der Waals surface area contributed by atoms with Gasteiger partial charge in [-0.15, -0.1) is 0 Å². The van der Waals surface area contributed by atoms with Gasteiger partial charge < -0.3 is 9.88 Å². The van der Waals surface area contributed by atoms with Gasteiger partial charge in [-0.2, -0.15) is 0 Å². The normalized spacial score (nSPS) is 12.1. The van der Waals surface area contributed by atoms with Gasteiger partial charge in [0.25, 0.3) is 5.91 Å². The van der Waals surface area contributed by atoms with Crippen LogP contribution in [0.25, 0.3) is 11.6 Å². The van der Waals surface area contributed by atoms with Crippen LogP contribution in [0.15, 0.2) is 47.4 Å². The molecule has 0 bridgehead atoms. The Bertz CT molecular complexity index is 822. The molecule has 1 heterocycles. The molecule has 0 fully saturated rings. The topological polar surface area (TPSA) is 51.1 Å². The fourth-order valence-electron chi connectivity index (χ4n) is 2.30. The van der Waals surface area contributed by atoms with Gasteiger partial charge in [-0.25, -0.2) is 0 Å². The molecular formula is C20H24N2O2. The minimum atomic E-state index is -0.254. The Kier molecular flexibility index (Phi) is 5.07. The fraction of sp³-hybridized carbons (Fsp3) is 0.300. The molecule has 1 N–H and O–H groups in total. The summed E-state index contributed by atoms with van der Waals surface area (Å²) < 4.78 is 1.56. The number of allylic oxidation sites excluding steroid dienone is 1. The Balaban J connectivity index is 2.19. The molecule has 2 aromatic rings. The Morgan fingerprint density at radius 1 is 1.04 bits per heavy atom. The van der Waals surface area contributed by atoms with Crippen molar-refractivity contribution in [3.63, 3.8) is 0 Å². The first-order valence-corrected chi connectivity index (χ1v) is 7.94. The lowest BCUT2D eigenvalue weighted by molar-refractivity contribution is 0.0919. The molecule has 1 aromatic carbocycles. The second-order valence-corrected chi connectivity index (χ2v) is 7.02. The monoisotopic (exact) mass is 324 g/mol. The predicted molar refractivity (Wildman–Crippen MR) is 98.9 cm³/mol. The summed E-state index contributed by atoms with van der Waals surface area (Å²) in [7, 11) is 1.74. The van der Waals surface area contributed by atoms with Crippen molar-refractivity contribution in [1.29, 1.82) is 0 Å². The predicted octanol–water partition coefficient (Wildman–Crippen LogP) is 3.47. The summed E-state index contributed by atoms with van der Waals surface area (Å²) >= 11 is 0. The lowest BCUT2D eigenvalue weighted by Gasteiger charge is -2.20. The van der Waals surface area contributed by atoms with Gasteiger partial charge in [0.2, 0.25) is 5.56 Å². The van der Waals surface area contributed by atoms with Crippen molar-refractivity contribution in [2.45, 2.75) is 33.2 Å². The number of hydrogen-bond donors (Lipinski definition) is 1. The average molecular weight is 324 g/mol. The van der Waals surface area contributed by atoms with E-state index in [1.54, 1.807) is 17.7 Å². The Hall–Kier alpha value is -2.62. The van der Waals surface area contributed by atoms with Gasteiger partial charge >= 0.3 is 0 Å². The maximum atomic E-state index is 12.1. The highest BCUT2D eigenvalue weighted by molar-refractivity contribution is 5.95. The van der Waals surface area contributed by atoms with Gasteiger partial charge in [0.05, 0.1) is 0 Å². The molecule has 1 amide bonds. The summed E-state index contributed by atoms with van der Waals surface area (Å²) in [6, 6.07) is 10.9. The number of nitrogens with one attached hydrogen (secondary N) is 1. The Labute approximate surface area is 142 Å². The van der Waals surface area contributed by atoms with E-state index in [-0.39, 0.29) is 17.0 Å². The van der Waals surface area contributed by atoms with Crippen LogP contribution in [-0.2, 0) is 7.05 Å². The lowest BCUT2D eigenvalue weighted by atomic mass is 10.0. The molecule has 0 radical (unpaired) electrons. The van der Waals surface area contributed by atoms with Crippen molar-refractivity contribution >= 4 is 17.6 Å². The molecule has 126 valence electrons. The summed E-state index contributed by atoms with van der Waals surface area (Å²) in [4.78, 5) is 23.6. The molecule has 4 nitrogen and oxygen atoms in total. The molecule has 0 saturated heterocycles. The molecule has 0 aliphatic rings. The van der Waals surface area contributed by atoms with Crippen molar-refractivity contribution in [3.8, 4) is 0 Å². The van der Waals surface area contributed by atoms with E-state index in [9.17, 15) is 9.59 Å². The number of benzene rings is 1. The first-order valence-electron chi connectivity index (χ1n) is 7.94. The maximum absolute atomic E-state index is 12.1. The van der Waals surface area contributed by atoms with Crippen LogP contribution in [0.4, 0.5) is 0 Å². The zero-order valence-corrected chi connectivity index (χ0v) is 14.9. The zero-order chi connectivity index (χ0) is 17.9. The highest BCUT2D eigenvalue weighted by Gasteiger charge is 2.14. The quantitative estimate of drug-likeness (QED) is 0.940. The molecule has 4 heteroatoms. The molecule has 0 unspecified atom stereocenters. The molecule has 0 atom stereocenters. The van der Waals surface area contributed by atoms with Crippen LogP contribution in [0.1, 0.15) is 49.2 Å². The number of nitrogens with zero attached hydrogens (tertiary/aromatic N) is 1. The van der Waals surface area contributed by atoms with E-state index in [4.69, 9.17) is 0 Å². The van der Waals surface area contributed by atoms with Gasteiger partial charge in [0, 0.05) is 30.4 Å². The lowest BCUT2D eigenvalue weighted by Crippen LogP contribution is -2.40. The third-order valence-corrected chi connectivity index (χ3v) is 3.59. The second kappa shape index (κ2) is 6.87. The fourth-order valence-corrected chi connectivity index (χ4v) is 2.30. The van der Waals surface area contributed by atoms with Crippen LogP contribution in [0.5, 0.6) is 0 Å². The van der Waals surface area contributed by atoms with E-state index in [1.807, 2.05) is 70.3 Å². The molecular weight excluding hydrogens is 300 g/mol. The summed E-state index contributed by atoms with van der Waals surface area (Å²) in [5, 5.41) is 2.95. The largest absolute Gasteiger partial charge is 0.347 e. The first-order chi connectivity index (χ1) is 11.2. The molecule has 0 aliphatic carbocycles. The number of aromatic nitrogens is 1. The van der Waals surface area contributed by atoms with Crippen molar-refractivity contribution in [2.75, 3.05) is 0 Å². The maximum Gasteiger partial charge on any atom is 0.251 e. The summed E-state index contributed by atoms with van der Waals surface area (Å²) in [5.74, 6) is -0.0761. The van der Waals surface area contributed by atoms with Crippen molar-refractivity contribution in [3.05, 3.63) is 69.6 Å². The molecule has 2 rings (SSSR count). The van der Waals surface area contributed by atoms with Crippen molar-refractivity contribution in [2.24, 2.45) is 7.05 Å². The molecule has 0 saturated carbocycles. The first kappa shape index (κ1) is 17.7. The van der Waals surface area contributed by atoms with E-state index in [0.29, 0.717) is 5.56 Å². The smallest absolute Gasteiger partial charge is 0.251 e. The SMILES string of the molecule is C/C(=C/c1ccc(C(=O)NC(C)(C)C)cc1)c1ccc(=O)n(C)c1. The van der Waals surface area contributed by atoms with Crippen LogP contribution in [-0.4, -0.2) is 16.0 Å². The minimum absolute atomic E-state index is 0.0271. The average Bonchev–Trinajstić information content (AvgIpc) is 2.49. The van der Waals surface area contributed by atoms with Crippen molar-refractivity contribution < 1.29 is 4.79 Å². The van der Waals surface area contributed by atoms with E-state index in [1.165, 1.54) is 0 Å². The zero-order valence-electron chi connectivity index (χ0n) is 14.9. The Morgan fingerprint density at radius 3 is 2.17 bits per heavy atom. The second-order valence-electron chi connectivity index (χ2n) is 7.02. The number of amides is 1. The number of hydrogen-bond acceptors (Lipinski definition) is 2. The number of carbonyl (C=O) groups excluding carboxylic acids is 1. The van der Waals surface area contributed by atoms with Gasteiger partial charge in [0.1, 0.15) is 0 Å². The molecule has 0 spiro atoms. The van der Waals surface area contributed by atoms with Crippen LogP contribution in [0, 0.1) is 0 Å². The van der Waals surface area contributed by atoms with E-state index in [2.05, 4.69) is 5.32 Å². The standard InChI is InChI=1S/C20H24N2O2/c1-14(17-10-11-18(23)22(5)13-17)12-15-6-8-16(9-7-15)19(24)21-20(2,3)4/h6-13H,1-5H3,(H,21,24)/b14-12-. The third kappa shape index (κ3) is 4.69. The van der Waals surface area contributed by atoms with E-state index in [0.717, 1.165) is 16.7 Å². The number of pyridine rings is 1. The van der Waals surface area contributed by atoms with E-state index >= 15 is 0 Å².